The molecule has 2 aromatic carbocycles. The molecule has 0 aliphatic carbocycles. The molecule has 4 heteroatoms. The first-order valence-corrected chi connectivity index (χ1v) is 9.09. The van der Waals surface area contributed by atoms with Gasteiger partial charge >= 0.3 is 0 Å². The van der Waals surface area contributed by atoms with Gasteiger partial charge in [0.05, 0.1) is 0 Å². The van der Waals surface area contributed by atoms with Crippen molar-refractivity contribution in [2.45, 2.75) is 24.5 Å². The van der Waals surface area contributed by atoms with E-state index in [1.165, 1.54) is 22.3 Å². The number of hydrogen-bond acceptors (Lipinski definition) is 0. The first kappa shape index (κ1) is 18.0. The van der Waals surface area contributed by atoms with Crippen molar-refractivity contribution in [1.29, 1.82) is 0 Å². The number of alkyl halides is 2. The van der Waals surface area contributed by atoms with Crippen molar-refractivity contribution >= 4 is 55.1 Å². The topological polar surface area (TPSA) is 0 Å². The molecule has 2 aromatic rings. The van der Waals surface area contributed by atoms with Crippen LogP contribution < -0.4 is 0 Å². The highest BCUT2D eigenvalue weighted by Gasteiger charge is 1.99. The van der Waals surface area contributed by atoms with Gasteiger partial charge < -0.3 is 0 Å². The molecule has 108 valence electrons. The van der Waals surface area contributed by atoms with Crippen LogP contribution in [-0.2, 0) is 10.7 Å². The standard InChI is InChI=1S/C8H7Br2Cl.C8H9Cl/c9-4-6-1-2-8(11)3-7(6)5-10;1-6-3-4-8(9)5-7(6)2/h1-3H,4-5H2;3-5H,1-2H3. The Morgan fingerprint density at radius 2 is 1.30 bits per heavy atom. The number of aryl methyl sites for hydroxylation is 2. The van der Waals surface area contributed by atoms with E-state index in [0.717, 1.165) is 20.7 Å². The van der Waals surface area contributed by atoms with Crippen molar-refractivity contribution in [3.05, 3.63) is 68.7 Å². The molecule has 0 aromatic heterocycles. The molecule has 20 heavy (non-hydrogen) atoms. The molecule has 0 unspecified atom stereocenters. The number of halogens is 4. The molecule has 0 fully saturated rings. The molecule has 0 aliphatic rings. The van der Waals surface area contributed by atoms with Crippen LogP contribution in [0.25, 0.3) is 0 Å². The zero-order valence-corrected chi connectivity index (χ0v) is 16.1. The average Bonchev–Trinajstić information content (AvgIpc) is 2.44. The molecule has 2 rings (SSSR count). The quantitative estimate of drug-likeness (QED) is 0.439. The van der Waals surface area contributed by atoms with Gasteiger partial charge in [0.2, 0.25) is 0 Å². The van der Waals surface area contributed by atoms with Gasteiger partial charge in [-0.2, -0.15) is 0 Å². The summed E-state index contributed by atoms with van der Waals surface area (Å²) < 4.78 is 0. The molecular weight excluding hydrogens is 423 g/mol. The zero-order valence-electron chi connectivity index (χ0n) is 11.4. The SMILES string of the molecule is Cc1ccc(Cl)cc1C.Clc1ccc(CBr)c(CBr)c1. The van der Waals surface area contributed by atoms with Crippen LogP contribution >= 0.6 is 55.1 Å². The molecule has 0 spiro atoms. The highest BCUT2D eigenvalue weighted by atomic mass is 79.9. The summed E-state index contributed by atoms with van der Waals surface area (Å²) in [6.45, 7) is 4.13. The van der Waals surface area contributed by atoms with E-state index in [1.54, 1.807) is 0 Å². The third-order valence-electron chi connectivity index (χ3n) is 2.93. The van der Waals surface area contributed by atoms with Crippen molar-refractivity contribution in [3.8, 4) is 0 Å². The first-order valence-electron chi connectivity index (χ1n) is 6.10. The van der Waals surface area contributed by atoms with Gasteiger partial charge in [0.25, 0.3) is 0 Å². The molecule has 0 aliphatic heterocycles. The number of benzene rings is 2. The monoisotopic (exact) mass is 436 g/mol. The Bertz CT molecular complexity index is 568. The molecular formula is C16H16Br2Cl2. The van der Waals surface area contributed by atoms with E-state index >= 15 is 0 Å². The van der Waals surface area contributed by atoms with E-state index in [9.17, 15) is 0 Å². The third kappa shape index (κ3) is 5.77. The maximum atomic E-state index is 5.82. The van der Waals surface area contributed by atoms with Crippen molar-refractivity contribution in [2.24, 2.45) is 0 Å². The van der Waals surface area contributed by atoms with Crippen LogP contribution in [0.3, 0.4) is 0 Å². The van der Waals surface area contributed by atoms with Crippen molar-refractivity contribution in [2.75, 3.05) is 0 Å². The Morgan fingerprint density at radius 3 is 1.80 bits per heavy atom. The lowest BCUT2D eigenvalue weighted by atomic mass is 10.1. The molecule has 0 N–H and O–H groups in total. The van der Waals surface area contributed by atoms with Gasteiger partial charge in [0, 0.05) is 20.7 Å². The Labute approximate surface area is 147 Å². The molecule has 0 saturated heterocycles. The molecule has 0 atom stereocenters. The van der Waals surface area contributed by atoms with Crippen molar-refractivity contribution < 1.29 is 0 Å². The molecule has 0 heterocycles. The predicted molar refractivity (Wildman–Crippen MR) is 97.6 cm³/mol. The van der Waals surface area contributed by atoms with E-state index < -0.39 is 0 Å². The van der Waals surface area contributed by atoms with Crippen LogP contribution in [0.15, 0.2) is 36.4 Å². The van der Waals surface area contributed by atoms with Gasteiger partial charge in [-0.25, -0.2) is 0 Å². The van der Waals surface area contributed by atoms with Gasteiger partial charge in [-0.05, 0) is 60.4 Å². The number of rotatable bonds is 2. The smallest absolute Gasteiger partial charge is 0.0409 e. The summed E-state index contributed by atoms with van der Waals surface area (Å²) in [7, 11) is 0. The van der Waals surface area contributed by atoms with Crippen LogP contribution in [0.5, 0.6) is 0 Å². The average molecular weight is 439 g/mol. The second-order valence-corrected chi connectivity index (χ2v) is 6.40. The highest BCUT2D eigenvalue weighted by molar-refractivity contribution is 9.09. The summed E-state index contributed by atoms with van der Waals surface area (Å²) in [6.07, 6.45) is 0. The first-order chi connectivity index (χ1) is 9.47. The van der Waals surface area contributed by atoms with Gasteiger partial charge in [-0.1, -0.05) is 67.2 Å². The van der Waals surface area contributed by atoms with Crippen LogP contribution in [0.4, 0.5) is 0 Å². The van der Waals surface area contributed by atoms with Crippen LogP contribution in [-0.4, -0.2) is 0 Å². The summed E-state index contributed by atoms with van der Waals surface area (Å²) in [5.41, 5.74) is 5.07. The minimum atomic E-state index is 0.796. The van der Waals surface area contributed by atoms with Gasteiger partial charge in [0.15, 0.2) is 0 Å². The minimum Gasteiger partial charge on any atom is -0.0876 e. The van der Waals surface area contributed by atoms with E-state index in [4.69, 9.17) is 23.2 Å². The van der Waals surface area contributed by atoms with Crippen molar-refractivity contribution in [3.63, 3.8) is 0 Å². The summed E-state index contributed by atoms with van der Waals surface area (Å²) in [4.78, 5) is 0. The van der Waals surface area contributed by atoms with Crippen molar-refractivity contribution in [1.82, 2.24) is 0 Å². The Hall–Kier alpha value is -0.0200. The Morgan fingerprint density at radius 1 is 0.750 bits per heavy atom. The maximum Gasteiger partial charge on any atom is 0.0409 e. The van der Waals surface area contributed by atoms with E-state index in [-0.39, 0.29) is 0 Å². The predicted octanol–water partition coefficient (Wildman–Crippen LogP) is 7.09. The van der Waals surface area contributed by atoms with Crippen LogP contribution in [0.1, 0.15) is 22.3 Å². The van der Waals surface area contributed by atoms with Crippen LogP contribution in [0, 0.1) is 13.8 Å². The lowest BCUT2D eigenvalue weighted by Gasteiger charge is -2.03. The second-order valence-electron chi connectivity index (χ2n) is 4.41. The molecule has 0 radical (unpaired) electrons. The Kier molecular flexibility index (Phi) is 8.20. The lowest BCUT2D eigenvalue weighted by Crippen LogP contribution is -1.86. The van der Waals surface area contributed by atoms with Gasteiger partial charge in [0.1, 0.15) is 0 Å². The third-order valence-corrected chi connectivity index (χ3v) is 4.60. The van der Waals surface area contributed by atoms with E-state index in [2.05, 4.69) is 45.7 Å². The van der Waals surface area contributed by atoms with Gasteiger partial charge in [-0.15, -0.1) is 0 Å². The van der Waals surface area contributed by atoms with Crippen LogP contribution in [0.2, 0.25) is 10.0 Å². The largest absolute Gasteiger partial charge is 0.0876 e. The summed E-state index contributed by atoms with van der Waals surface area (Å²) in [5.74, 6) is 0. The molecule has 0 saturated carbocycles. The van der Waals surface area contributed by atoms with E-state index in [0.29, 0.717) is 0 Å². The summed E-state index contributed by atoms with van der Waals surface area (Å²) >= 11 is 18.3. The summed E-state index contributed by atoms with van der Waals surface area (Å²) in [5, 5.41) is 3.35. The second kappa shape index (κ2) is 9.09. The lowest BCUT2D eigenvalue weighted by molar-refractivity contribution is 1.30. The zero-order chi connectivity index (χ0) is 15.1. The van der Waals surface area contributed by atoms with E-state index in [1.807, 2.05) is 36.4 Å². The molecule has 0 nitrogen and oxygen atoms in total. The normalized spacial score (nSPS) is 9.90. The fraction of sp³-hybridized carbons (Fsp3) is 0.250. The fourth-order valence-corrected chi connectivity index (χ4v) is 3.04. The molecule has 0 bridgehead atoms. The fourth-order valence-electron chi connectivity index (χ4n) is 1.55. The highest BCUT2D eigenvalue weighted by Crippen LogP contribution is 2.20. The molecule has 0 amide bonds. The minimum absolute atomic E-state index is 0.796. The summed E-state index contributed by atoms with van der Waals surface area (Å²) in [6, 6.07) is 11.8. The van der Waals surface area contributed by atoms with Gasteiger partial charge in [-0.3, -0.25) is 0 Å². The Balaban J connectivity index is 0.000000204. The number of hydrogen-bond donors (Lipinski definition) is 0. The maximum absolute atomic E-state index is 5.82.